The van der Waals surface area contributed by atoms with Crippen LogP contribution in [0, 0.1) is 0 Å². The first kappa shape index (κ1) is 17.0. The van der Waals surface area contributed by atoms with E-state index < -0.39 is 6.04 Å². The summed E-state index contributed by atoms with van der Waals surface area (Å²) in [6, 6.07) is 13.9. The fourth-order valence-corrected chi connectivity index (χ4v) is 2.94. The molecule has 0 saturated carbocycles. The average molecular weight is 339 g/mol. The number of carbonyl (C=O) groups excluding carboxylic acids is 2. The standard InChI is InChI=1S/C19H21N3O3/c1-25-17-5-3-2-4-16(17)22-11-10-15(19(22)24)21-18(23)14-8-6-13(12-20)7-9-14/h2-9,15H,10-12,20H2,1H3,(H,21,23). The van der Waals surface area contributed by atoms with Gasteiger partial charge in [0.05, 0.1) is 12.8 Å². The van der Waals surface area contributed by atoms with Gasteiger partial charge < -0.3 is 20.7 Å². The molecular weight excluding hydrogens is 318 g/mol. The Morgan fingerprint density at radius 1 is 1.24 bits per heavy atom. The number of rotatable bonds is 5. The number of ether oxygens (including phenoxy) is 1. The number of para-hydroxylation sites is 2. The molecule has 0 bridgehead atoms. The van der Waals surface area contributed by atoms with Crippen LogP contribution in [0.3, 0.4) is 0 Å². The van der Waals surface area contributed by atoms with E-state index in [0.717, 1.165) is 11.3 Å². The van der Waals surface area contributed by atoms with Crippen LogP contribution < -0.4 is 20.7 Å². The molecule has 0 spiro atoms. The summed E-state index contributed by atoms with van der Waals surface area (Å²) in [5, 5.41) is 2.82. The van der Waals surface area contributed by atoms with E-state index in [9.17, 15) is 9.59 Å². The first-order valence-corrected chi connectivity index (χ1v) is 8.18. The fraction of sp³-hybridized carbons (Fsp3) is 0.263. The first-order valence-electron chi connectivity index (χ1n) is 8.18. The predicted octanol–water partition coefficient (Wildman–Crippen LogP) is 1.69. The molecule has 0 aliphatic carbocycles. The summed E-state index contributed by atoms with van der Waals surface area (Å²) in [6.45, 7) is 0.965. The van der Waals surface area contributed by atoms with E-state index in [1.807, 2.05) is 36.4 Å². The van der Waals surface area contributed by atoms with E-state index in [4.69, 9.17) is 10.5 Å². The van der Waals surface area contributed by atoms with Gasteiger partial charge in [-0.15, -0.1) is 0 Å². The molecule has 0 aromatic heterocycles. The Morgan fingerprint density at radius 3 is 2.64 bits per heavy atom. The SMILES string of the molecule is COc1ccccc1N1CCC(NC(=O)c2ccc(CN)cc2)C1=O. The van der Waals surface area contributed by atoms with Crippen molar-refractivity contribution in [2.75, 3.05) is 18.6 Å². The first-order chi connectivity index (χ1) is 12.1. The van der Waals surface area contributed by atoms with E-state index >= 15 is 0 Å². The zero-order valence-corrected chi connectivity index (χ0v) is 14.1. The number of hydrogen-bond acceptors (Lipinski definition) is 4. The number of methoxy groups -OCH3 is 1. The highest BCUT2D eigenvalue weighted by atomic mass is 16.5. The molecule has 1 atom stereocenters. The Labute approximate surface area is 146 Å². The van der Waals surface area contributed by atoms with Crippen LogP contribution in [0.5, 0.6) is 5.75 Å². The number of nitrogens with two attached hydrogens (primary N) is 1. The van der Waals surface area contributed by atoms with Crippen LogP contribution in [0.25, 0.3) is 0 Å². The Bertz CT molecular complexity index is 774. The van der Waals surface area contributed by atoms with Crippen molar-refractivity contribution in [3.63, 3.8) is 0 Å². The van der Waals surface area contributed by atoms with Gasteiger partial charge in [0.25, 0.3) is 5.91 Å². The topological polar surface area (TPSA) is 84.7 Å². The summed E-state index contributed by atoms with van der Waals surface area (Å²) in [6.07, 6.45) is 0.559. The Morgan fingerprint density at radius 2 is 1.96 bits per heavy atom. The minimum Gasteiger partial charge on any atom is -0.495 e. The molecule has 130 valence electrons. The highest BCUT2D eigenvalue weighted by Gasteiger charge is 2.34. The molecule has 1 heterocycles. The summed E-state index contributed by atoms with van der Waals surface area (Å²) in [7, 11) is 1.57. The van der Waals surface area contributed by atoms with Crippen LogP contribution >= 0.6 is 0 Å². The highest BCUT2D eigenvalue weighted by Crippen LogP contribution is 2.31. The van der Waals surface area contributed by atoms with E-state index in [2.05, 4.69) is 5.32 Å². The van der Waals surface area contributed by atoms with Crippen molar-refractivity contribution in [2.45, 2.75) is 19.0 Å². The molecule has 1 aliphatic heterocycles. The van der Waals surface area contributed by atoms with Gasteiger partial charge in [-0.25, -0.2) is 0 Å². The van der Waals surface area contributed by atoms with Crippen molar-refractivity contribution in [3.05, 3.63) is 59.7 Å². The van der Waals surface area contributed by atoms with Crippen LogP contribution in [0.4, 0.5) is 5.69 Å². The second-order valence-electron chi connectivity index (χ2n) is 5.88. The second-order valence-corrected chi connectivity index (χ2v) is 5.88. The summed E-state index contributed by atoms with van der Waals surface area (Å²) >= 11 is 0. The third-order valence-corrected chi connectivity index (χ3v) is 4.34. The van der Waals surface area contributed by atoms with Gasteiger partial charge in [0, 0.05) is 18.7 Å². The van der Waals surface area contributed by atoms with Crippen LogP contribution in [-0.2, 0) is 11.3 Å². The van der Waals surface area contributed by atoms with Crippen molar-refractivity contribution in [3.8, 4) is 5.75 Å². The molecule has 3 rings (SSSR count). The molecule has 1 saturated heterocycles. The molecule has 1 fully saturated rings. The molecule has 2 amide bonds. The van der Waals surface area contributed by atoms with Crippen molar-refractivity contribution in [2.24, 2.45) is 5.73 Å². The smallest absolute Gasteiger partial charge is 0.251 e. The largest absolute Gasteiger partial charge is 0.495 e. The number of benzene rings is 2. The molecule has 2 aromatic carbocycles. The van der Waals surface area contributed by atoms with E-state index in [1.165, 1.54) is 0 Å². The van der Waals surface area contributed by atoms with E-state index in [0.29, 0.717) is 30.8 Å². The second kappa shape index (κ2) is 7.36. The lowest BCUT2D eigenvalue weighted by molar-refractivity contribution is -0.118. The fourth-order valence-electron chi connectivity index (χ4n) is 2.94. The lowest BCUT2D eigenvalue weighted by Gasteiger charge is -2.19. The molecule has 3 N–H and O–H groups in total. The quantitative estimate of drug-likeness (QED) is 0.868. The maximum atomic E-state index is 12.7. The third kappa shape index (κ3) is 3.49. The maximum Gasteiger partial charge on any atom is 0.251 e. The van der Waals surface area contributed by atoms with Gasteiger partial charge in [0.1, 0.15) is 11.8 Å². The van der Waals surface area contributed by atoms with E-state index in [-0.39, 0.29) is 11.8 Å². The van der Waals surface area contributed by atoms with Gasteiger partial charge >= 0.3 is 0 Å². The summed E-state index contributed by atoms with van der Waals surface area (Å²) < 4.78 is 5.32. The number of nitrogens with zero attached hydrogens (tertiary/aromatic N) is 1. The van der Waals surface area contributed by atoms with Gasteiger partial charge in [-0.2, -0.15) is 0 Å². The molecule has 25 heavy (non-hydrogen) atoms. The molecule has 6 nitrogen and oxygen atoms in total. The van der Waals surface area contributed by atoms with Crippen molar-refractivity contribution >= 4 is 17.5 Å². The van der Waals surface area contributed by atoms with Crippen LogP contribution in [0.1, 0.15) is 22.3 Å². The molecule has 6 heteroatoms. The van der Waals surface area contributed by atoms with E-state index in [1.54, 1.807) is 24.1 Å². The summed E-state index contributed by atoms with van der Waals surface area (Å²) in [5.41, 5.74) is 7.75. The zero-order chi connectivity index (χ0) is 17.8. The van der Waals surface area contributed by atoms with Gasteiger partial charge in [-0.05, 0) is 36.2 Å². The van der Waals surface area contributed by atoms with Crippen molar-refractivity contribution in [1.29, 1.82) is 0 Å². The number of anilines is 1. The molecule has 1 aliphatic rings. The number of nitrogens with one attached hydrogen (secondary N) is 1. The number of carbonyl (C=O) groups is 2. The maximum absolute atomic E-state index is 12.7. The number of amides is 2. The normalized spacial score (nSPS) is 16.8. The highest BCUT2D eigenvalue weighted by molar-refractivity contribution is 6.04. The minimum absolute atomic E-state index is 0.128. The summed E-state index contributed by atoms with van der Waals surface area (Å²) in [4.78, 5) is 26.7. The zero-order valence-electron chi connectivity index (χ0n) is 14.1. The third-order valence-electron chi connectivity index (χ3n) is 4.34. The Kier molecular flexibility index (Phi) is 5.00. The summed E-state index contributed by atoms with van der Waals surface area (Å²) in [5.74, 6) is 0.250. The lowest BCUT2D eigenvalue weighted by Crippen LogP contribution is -2.41. The van der Waals surface area contributed by atoms with Crippen LogP contribution in [-0.4, -0.2) is 31.5 Å². The monoisotopic (exact) mass is 339 g/mol. The van der Waals surface area contributed by atoms with Crippen LogP contribution in [0.15, 0.2) is 48.5 Å². The Hall–Kier alpha value is -2.86. The average Bonchev–Trinajstić information content (AvgIpc) is 3.02. The minimum atomic E-state index is -0.536. The van der Waals surface area contributed by atoms with Gasteiger partial charge in [-0.3, -0.25) is 9.59 Å². The predicted molar refractivity (Wildman–Crippen MR) is 95.6 cm³/mol. The molecule has 2 aromatic rings. The molecular formula is C19H21N3O3. The lowest BCUT2D eigenvalue weighted by atomic mass is 10.1. The van der Waals surface area contributed by atoms with Crippen molar-refractivity contribution in [1.82, 2.24) is 5.32 Å². The van der Waals surface area contributed by atoms with Gasteiger partial charge in [-0.1, -0.05) is 24.3 Å². The molecule has 1 unspecified atom stereocenters. The van der Waals surface area contributed by atoms with Gasteiger partial charge in [0.15, 0.2) is 0 Å². The molecule has 0 radical (unpaired) electrons. The Balaban J connectivity index is 1.70. The van der Waals surface area contributed by atoms with Crippen LogP contribution in [0.2, 0.25) is 0 Å². The van der Waals surface area contributed by atoms with Crippen molar-refractivity contribution < 1.29 is 14.3 Å². The van der Waals surface area contributed by atoms with Gasteiger partial charge in [0.2, 0.25) is 5.91 Å². The number of hydrogen-bond donors (Lipinski definition) is 2.